The molecule has 0 radical (unpaired) electrons. The molecule has 1 aliphatic rings. The van der Waals surface area contributed by atoms with Gasteiger partial charge in [-0.05, 0) is 41.8 Å². The summed E-state index contributed by atoms with van der Waals surface area (Å²) in [5.41, 5.74) is 3.15. The first-order valence-electron chi connectivity index (χ1n) is 11.6. The average molecular weight is 477 g/mol. The summed E-state index contributed by atoms with van der Waals surface area (Å²) in [7, 11) is 0. The molecule has 6 nitrogen and oxygen atoms in total. The molecule has 0 aromatic heterocycles. The number of nitrogens with one attached hydrogen (secondary N) is 1. The Bertz CT molecular complexity index is 869. The molecule has 1 aliphatic heterocycles. The van der Waals surface area contributed by atoms with E-state index in [1.807, 2.05) is 25.1 Å². The number of alkyl halides is 1. The van der Waals surface area contributed by atoms with Crippen LogP contribution >= 0.6 is 11.6 Å². The molecular weight excluding hydrogens is 440 g/mol. The van der Waals surface area contributed by atoms with Crippen molar-refractivity contribution in [3.63, 3.8) is 0 Å². The lowest BCUT2D eigenvalue weighted by Gasteiger charge is -2.29. The van der Waals surface area contributed by atoms with Gasteiger partial charge in [0.15, 0.2) is 0 Å². The molecule has 2 aromatic rings. The zero-order valence-electron chi connectivity index (χ0n) is 19.9. The van der Waals surface area contributed by atoms with Gasteiger partial charge >= 0.3 is 0 Å². The molecule has 1 fully saturated rings. The van der Waals surface area contributed by atoms with Gasteiger partial charge in [0.25, 0.3) is 0 Å². The number of aliphatic hydroxyl groups is 2. The highest BCUT2D eigenvalue weighted by molar-refractivity contribution is 6.18. The third-order valence-electron chi connectivity index (χ3n) is 6.20. The molecule has 33 heavy (non-hydrogen) atoms. The quantitative estimate of drug-likeness (QED) is 0.433. The van der Waals surface area contributed by atoms with E-state index in [4.69, 9.17) is 21.1 Å². The van der Waals surface area contributed by atoms with Crippen LogP contribution in [0.3, 0.4) is 0 Å². The summed E-state index contributed by atoms with van der Waals surface area (Å²) in [6.45, 7) is 11.3. The van der Waals surface area contributed by atoms with Crippen LogP contribution < -0.4 is 14.8 Å². The lowest BCUT2D eigenvalue weighted by Crippen LogP contribution is -2.47. The number of nitrogens with zero attached hydrogens (tertiary/aromatic N) is 1. The summed E-state index contributed by atoms with van der Waals surface area (Å²) in [6.07, 6.45) is -1.18. The molecular formula is C26H37ClN2O4. The van der Waals surface area contributed by atoms with Gasteiger partial charge in [-0.2, -0.15) is 0 Å². The van der Waals surface area contributed by atoms with Crippen molar-refractivity contribution in [3.05, 3.63) is 59.2 Å². The van der Waals surface area contributed by atoms with Crippen LogP contribution in [0.5, 0.6) is 11.5 Å². The Kier molecular flexibility index (Phi) is 9.41. The zero-order chi connectivity index (χ0) is 23.8. The summed E-state index contributed by atoms with van der Waals surface area (Å²) >= 11 is 5.64. The van der Waals surface area contributed by atoms with Crippen molar-refractivity contribution in [2.24, 2.45) is 0 Å². The second kappa shape index (κ2) is 12.0. The largest absolute Gasteiger partial charge is 0.491 e. The highest BCUT2D eigenvalue weighted by atomic mass is 35.5. The fourth-order valence-electron chi connectivity index (χ4n) is 4.00. The van der Waals surface area contributed by atoms with Crippen LogP contribution in [0.2, 0.25) is 0 Å². The summed E-state index contributed by atoms with van der Waals surface area (Å²) in [4.78, 5) is 2.26. The minimum absolute atomic E-state index is 0.152. The van der Waals surface area contributed by atoms with Gasteiger partial charge in [-0.25, -0.2) is 0 Å². The lowest BCUT2D eigenvalue weighted by molar-refractivity contribution is 0.0641. The van der Waals surface area contributed by atoms with Crippen LogP contribution in [0.1, 0.15) is 30.5 Å². The maximum Gasteiger partial charge on any atom is 0.122 e. The van der Waals surface area contributed by atoms with E-state index in [9.17, 15) is 10.2 Å². The van der Waals surface area contributed by atoms with Crippen LogP contribution in [0.25, 0.3) is 0 Å². The van der Waals surface area contributed by atoms with Gasteiger partial charge in [-0.3, -0.25) is 4.90 Å². The summed E-state index contributed by atoms with van der Waals surface area (Å²) in [5.74, 6) is 1.66. The molecule has 0 amide bonds. The first kappa shape index (κ1) is 25.8. The Morgan fingerprint density at radius 2 is 1.61 bits per heavy atom. The van der Waals surface area contributed by atoms with E-state index in [0.717, 1.165) is 43.2 Å². The molecule has 3 N–H and O–H groups in total. The number of ether oxygens (including phenoxy) is 2. The van der Waals surface area contributed by atoms with E-state index in [2.05, 4.69) is 48.3 Å². The Balaban J connectivity index is 1.57. The summed E-state index contributed by atoms with van der Waals surface area (Å²) in [6, 6.07) is 14.2. The van der Waals surface area contributed by atoms with E-state index < -0.39 is 12.2 Å². The van der Waals surface area contributed by atoms with Gasteiger partial charge in [-0.15, -0.1) is 11.6 Å². The van der Waals surface area contributed by atoms with Gasteiger partial charge in [-0.1, -0.05) is 38.1 Å². The van der Waals surface area contributed by atoms with E-state index >= 15 is 0 Å². The van der Waals surface area contributed by atoms with Gasteiger partial charge < -0.3 is 25.0 Å². The van der Waals surface area contributed by atoms with Crippen molar-refractivity contribution in [2.75, 3.05) is 51.8 Å². The standard InChI is InChI=1S/C26H37ClN2O4/c1-19-14-21(6-9-25(19)33-17-22(30)15-27)26(2,3)20-4-7-24(8-5-20)32-18-23(31)16-29-12-10-28-11-13-29/h4-9,14,22-23,28,30-31H,10-13,15-18H2,1-3H3/t22-,23-/m1/s1. The zero-order valence-corrected chi connectivity index (χ0v) is 20.6. The Morgan fingerprint density at radius 1 is 0.970 bits per heavy atom. The molecule has 0 bridgehead atoms. The molecule has 0 saturated carbocycles. The topological polar surface area (TPSA) is 74.2 Å². The summed E-state index contributed by atoms with van der Waals surface area (Å²) in [5, 5.41) is 23.2. The van der Waals surface area contributed by atoms with Crippen LogP contribution in [0.4, 0.5) is 0 Å². The second-order valence-electron chi connectivity index (χ2n) is 9.26. The van der Waals surface area contributed by atoms with Crippen molar-refractivity contribution in [1.82, 2.24) is 10.2 Å². The lowest BCUT2D eigenvalue weighted by atomic mass is 9.77. The van der Waals surface area contributed by atoms with Crippen LogP contribution in [-0.2, 0) is 5.41 Å². The molecule has 2 atom stereocenters. The van der Waals surface area contributed by atoms with Crippen molar-refractivity contribution in [1.29, 1.82) is 0 Å². The molecule has 1 saturated heterocycles. The number of β-amino-alcohol motifs (C(OH)–C–C–N with tert-alkyl or cyclic N) is 1. The predicted octanol–water partition coefficient (Wildman–Crippen LogP) is 2.94. The number of halogens is 1. The molecule has 0 unspecified atom stereocenters. The van der Waals surface area contributed by atoms with E-state index in [1.54, 1.807) is 0 Å². The number of piperazine rings is 1. The highest BCUT2D eigenvalue weighted by Gasteiger charge is 2.24. The van der Waals surface area contributed by atoms with Gasteiger partial charge in [0, 0.05) is 38.1 Å². The minimum atomic E-state index is -0.675. The third kappa shape index (κ3) is 7.33. The van der Waals surface area contributed by atoms with Crippen molar-refractivity contribution < 1.29 is 19.7 Å². The van der Waals surface area contributed by atoms with Crippen LogP contribution in [-0.4, -0.2) is 79.1 Å². The second-order valence-corrected chi connectivity index (χ2v) is 9.57. The fraction of sp³-hybridized carbons (Fsp3) is 0.538. The molecule has 182 valence electrons. The third-order valence-corrected chi connectivity index (χ3v) is 6.56. The maximum atomic E-state index is 10.3. The molecule has 0 spiro atoms. The molecule has 2 aromatic carbocycles. The highest BCUT2D eigenvalue weighted by Crippen LogP contribution is 2.34. The normalized spacial score (nSPS) is 16.9. The number of hydrogen-bond acceptors (Lipinski definition) is 6. The van der Waals surface area contributed by atoms with Gasteiger partial charge in [0.1, 0.15) is 36.9 Å². The molecule has 0 aliphatic carbocycles. The number of hydrogen-bond donors (Lipinski definition) is 3. The number of aryl methyl sites for hydroxylation is 1. The fourth-order valence-corrected chi connectivity index (χ4v) is 4.09. The smallest absolute Gasteiger partial charge is 0.122 e. The number of benzene rings is 2. The number of rotatable bonds is 11. The number of aliphatic hydroxyl groups excluding tert-OH is 2. The Hall–Kier alpha value is -1.83. The molecule has 7 heteroatoms. The minimum Gasteiger partial charge on any atom is -0.491 e. The first-order chi connectivity index (χ1) is 15.8. The monoisotopic (exact) mass is 476 g/mol. The first-order valence-corrected chi connectivity index (χ1v) is 12.2. The Labute approximate surface area is 202 Å². The van der Waals surface area contributed by atoms with E-state index in [1.165, 1.54) is 11.1 Å². The van der Waals surface area contributed by atoms with E-state index in [0.29, 0.717) is 6.54 Å². The average Bonchev–Trinajstić information content (AvgIpc) is 2.82. The van der Waals surface area contributed by atoms with Crippen molar-refractivity contribution in [2.45, 2.75) is 38.4 Å². The van der Waals surface area contributed by atoms with E-state index in [-0.39, 0.29) is 24.5 Å². The van der Waals surface area contributed by atoms with Crippen LogP contribution in [0, 0.1) is 6.92 Å². The van der Waals surface area contributed by atoms with Crippen molar-refractivity contribution in [3.8, 4) is 11.5 Å². The molecule has 1 heterocycles. The maximum absolute atomic E-state index is 10.3. The van der Waals surface area contributed by atoms with Gasteiger partial charge in [0.2, 0.25) is 0 Å². The predicted molar refractivity (Wildman–Crippen MR) is 133 cm³/mol. The molecule has 3 rings (SSSR count). The summed E-state index contributed by atoms with van der Waals surface area (Å²) < 4.78 is 11.5. The Morgan fingerprint density at radius 3 is 2.24 bits per heavy atom. The van der Waals surface area contributed by atoms with Crippen molar-refractivity contribution >= 4 is 11.6 Å². The van der Waals surface area contributed by atoms with Gasteiger partial charge in [0.05, 0.1) is 5.88 Å². The van der Waals surface area contributed by atoms with Crippen LogP contribution in [0.15, 0.2) is 42.5 Å². The SMILES string of the molecule is Cc1cc(C(C)(C)c2ccc(OC[C@H](O)CN3CCNCC3)cc2)ccc1OC[C@H](O)CCl.